The van der Waals surface area contributed by atoms with E-state index in [2.05, 4.69) is 0 Å². The number of benzene rings is 1. The number of alkyl halides is 3. The molecule has 1 aromatic carbocycles. The summed E-state index contributed by atoms with van der Waals surface area (Å²) in [6, 6.07) is 7.83. The molecule has 1 heterocycles. The Morgan fingerprint density at radius 1 is 1.00 bits per heavy atom. The lowest BCUT2D eigenvalue weighted by Gasteiger charge is -2.16. The molecule has 0 aliphatic carbocycles. The minimum atomic E-state index is -4.38. The van der Waals surface area contributed by atoms with Gasteiger partial charge in [-0.05, 0) is 32.0 Å². The van der Waals surface area contributed by atoms with Crippen molar-refractivity contribution in [3.63, 3.8) is 0 Å². The first kappa shape index (κ1) is 13.4. The van der Waals surface area contributed by atoms with Crippen molar-refractivity contribution in [2.75, 3.05) is 0 Å². The van der Waals surface area contributed by atoms with E-state index in [1.807, 2.05) is 0 Å². The number of aryl methyl sites for hydroxylation is 2. The Balaban J connectivity index is 2.64. The summed E-state index contributed by atoms with van der Waals surface area (Å²) in [5.74, 6) is 0. The van der Waals surface area contributed by atoms with E-state index in [4.69, 9.17) is 0 Å². The van der Waals surface area contributed by atoms with Crippen molar-refractivity contribution in [2.45, 2.75) is 20.0 Å². The van der Waals surface area contributed by atoms with Crippen molar-refractivity contribution in [3.8, 4) is 5.69 Å². The van der Waals surface area contributed by atoms with Crippen molar-refractivity contribution < 1.29 is 13.2 Å². The average Bonchev–Trinajstić information content (AvgIpc) is 2.26. The van der Waals surface area contributed by atoms with Crippen LogP contribution in [-0.2, 0) is 6.18 Å². The monoisotopic (exact) mass is 267 g/mol. The van der Waals surface area contributed by atoms with Crippen molar-refractivity contribution in [3.05, 3.63) is 63.6 Å². The average molecular weight is 267 g/mol. The predicted octanol–water partition coefficient (Wildman–Crippen LogP) is 3.47. The number of hydrogen-bond acceptors (Lipinski definition) is 1. The van der Waals surface area contributed by atoms with Crippen molar-refractivity contribution >= 4 is 0 Å². The minimum Gasteiger partial charge on any atom is -0.318 e. The number of hydrogen-bond donors (Lipinski definition) is 0. The highest BCUT2D eigenvalue weighted by molar-refractivity contribution is 5.40. The number of pyridine rings is 1. The first-order valence-corrected chi connectivity index (χ1v) is 5.67. The van der Waals surface area contributed by atoms with E-state index < -0.39 is 11.7 Å². The van der Waals surface area contributed by atoms with Crippen LogP contribution in [0, 0.1) is 13.8 Å². The molecule has 0 fully saturated rings. The third-order valence-corrected chi connectivity index (χ3v) is 2.84. The second-order valence-corrected chi connectivity index (χ2v) is 4.36. The Bertz CT molecular complexity index is 645. The molecule has 2 nitrogen and oxygen atoms in total. The normalized spacial score (nSPS) is 11.6. The van der Waals surface area contributed by atoms with Gasteiger partial charge in [-0.3, -0.25) is 4.79 Å². The lowest BCUT2D eigenvalue weighted by Crippen LogP contribution is -2.12. The van der Waals surface area contributed by atoms with E-state index in [1.54, 1.807) is 24.5 Å². The van der Waals surface area contributed by atoms with E-state index in [1.165, 1.54) is 18.2 Å². The summed E-state index contributed by atoms with van der Waals surface area (Å²) in [4.78, 5) is 11.3. The molecule has 2 rings (SSSR count). The van der Waals surface area contributed by atoms with Gasteiger partial charge in [-0.15, -0.1) is 0 Å². The highest BCUT2D eigenvalue weighted by atomic mass is 19.4. The molecule has 0 saturated heterocycles. The molecule has 0 unspecified atom stereocenters. The van der Waals surface area contributed by atoms with Gasteiger partial charge in [0.1, 0.15) is 0 Å². The maximum absolute atomic E-state index is 12.7. The molecule has 0 radical (unpaired) electrons. The Morgan fingerprint density at radius 2 is 1.58 bits per heavy atom. The minimum absolute atomic E-state index is 0.154. The second kappa shape index (κ2) is 4.57. The van der Waals surface area contributed by atoms with Gasteiger partial charge in [-0.1, -0.05) is 6.07 Å². The molecule has 100 valence electrons. The molecular formula is C14H12F3NO. The van der Waals surface area contributed by atoms with Gasteiger partial charge in [0.2, 0.25) is 0 Å². The fourth-order valence-electron chi connectivity index (χ4n) is 2.09. The Hall–Kier alpha value is -2.04. The molecule has 0 bridgehead atoms. The zero-order chi connectivity index (χ0) is 14.2. The maximum atomic E-state index is 12.7. The highest BCUT2D eigenvalue weighted by Gasteiger charge is 2.30. The van der Waals surface area contributed by atoms with Crippen LogP contribution in [0.2, 0.25) is 0 Å². The molecule has 0 N–H and O–H groups in total. The fraction of sp³-hybridized carbons (Fsp3) is 0.214. The van der Waals surface area contributed by atoms with Crippen LogP contribution < -0.4 is 5.43 Å². The van der Waals surface area contributed by atoms with Crippen molar-refractivity contribution in [1.82, 2.24) is 4.57 Å². The summed E-state index contributed by atoms with van der Waals surface area (Å²) in [7, 11) is 0. The van der Waals surface area contributed by atoms with E-state index >= 15 is 0 Å². The van der Waals surface area contributed by atoms with Gasteiger partial charge in [-0.25, -0.2) is 0 Å². The third kappa shape index (κ3) is 2.70. The lowest BCUT2D eigenvalue weighted by atomic mass is 10.1. The summed E-state index contributed by atoms with van der Waals surface area (Å²) < 4.78 is 39.7. The highest BCUT2D eigenvalue weighted by Crippen LogP contribution is 2.30. The maximum Gasteiger partial charge on any atom is 0.416 e. The quantitative estimate of drug-likeness (QED) is 0.775. The van der Waals surface area contributed by atoms with Gasteiger partial charge >= 0.3 is 6.18 Å². The molecule has 0 amide bonds. The Morgan fingerprint density at radius 3 is 2.11 bits per heavy atom. The molecule has 0 saturated carbocycles. The predicted molar refractivity (Wildman–Crippen MR) is 66.5 cm³/mol. The molecule has 5 heteroatoms. The van der Waals surface area contributed by atoms with Crippen LogP contribution in [0.5, 0.6) is 0 Å². The lowest BCUT2D eigenvalue weighted by molar-refractivity contribution is -0.137. The smallest absolute Gasteiger partial charge is 0.318 e. The van der Waals surface area contributed by atoms with Gasteiger partial charge in [0.15, 0.2) is 5.43 Å². The summed E-state index contributed by atoms with van der Waals surface area (Å²) in [6.07, 6.45) is -4.38. The van der Waals surface area contributed by atoms with Gasteiger partial charge in [-0.2, -0.15) is 13.2 Å². The van der Waals surface area contributed by atoms with E-state index in [9.17, 15) is 18.0 Å². The number of nitrogens with zero attached hydrogens (tertiary/aromatic N) is 1. The van der Waals surface area contributed by atoms with Crippen LogP contribution in [-0.4, -0.2) is 4.57 Å². The molecule has 0 aliphatic heterocycles. The van der Waals surface area contributed by atoms with E-state index in [0.29, 0.717) is 17.1 Å². The Kier molecular flexibility index (Phi) is 3.22. The molecule has 19 heavy (non-hydrogen) atoms. The standard InChI is InChI=1S/C14H12F3NO/c1-9-6-13(19)7-10(2)18(9)12-5-3-4-11(8-12)14(15,16)17/h3-8H,1-2H3. The molecule has 0 spiro atoms. The first-order chi connectivity index (χ1) is 8.79. The number of aromatic nitrogens is 1. The van der Waals surface area contributed by atoms with Gasteiger partial charge in [0.05, 0.1) is 5.56 Å². The summed E-state index contributed by atoms with van der Waals surface area (Å²) in [5.41, 5.74) is 0.735. The zero-order valence-electron chi connectivity index (χ0n) is 10.5. The molecular weight excluding hydrogens is 255 g/mol. The molecule has 0 aliphatic rings. The van der Waals surface area contributed by atoms with Gasteiger partial charge < -0.3 is 4.57 Å². The summed E-state index contributed by atoms with van der Waals surface area (Å²) >= 11 is 0. The second-order valence-electron chi connectivity index (χ2n) is 4.36. The summed E-state index contributed by atoms with van der Waals surface area (Å²) in [6.45, 7) is 3.38. The zero-order valence-corrected chi connectivity index (χ0v) is 10.5. The van der Waals surface area contributed by atoms with Crippen LogP contribution in [0.25, 0.3) is 5.69 Å². The first-order valence-electron chi connectivity index (χ1n) is 5.67. The fourth-order valence-corrected chi connectivity index (χ4v) is 2.09. The Labute approximate surface area is 108 Å². The number of rotatable bonds is 1. The third-order valence-electron chi connectivity index (χ3n) is 2.84. The van der Waals surface area contributed by atoms with Crippen molar-refractivity contribution in [1.29, 1.82) is 0 Å². The summed E-state index contributed by atoms with van der Waals surface area (Å²) in [5, 5.41) is 0. The van der Waals surface area contributed by atoms with Gasteiger partial charge in [0, 0.05) is 29.2 Å². The van der Waals surface area contributed by atoms with Crippen LogP contribution in [0.15, 0.2) is 41.2 Å². The van der Waals surface area contributed by atoms with Gasteiger partial charge in [0.25, 0.3) is 0 Å². The molecule has 2 aromatic rings. The van der Waals surface area contributed by atoms with E-state index in [-0.39, 0.29) is 5.43 Å². The van der Waals surface area contributed by atoms with Crippen LogP contribution in [0.4, 0.5) is 13.2 Å². The topological polar surface area (TPSA) is 22.0 Å². The van der Waals surface area contributed by atoms with Crippen LogP contribution >= 0.6 is 0 Å². The van der Waals surface area contributed by atoms with Crippen LogP contribution in [0.1, 0.15) is 17.0 Å². The van der Waals surface area contributed by atoms with Crippen molar-refractivity contribution in [2.24, 2.45) is 0 Å². The van der Waals surface area contributed by atoms with Crippen LogP contribution in [0.3, 0.4) is 0 Å². The number of halogens is 3. The van der Waals surface area contributed by atoms with E-state index in [0.717, 1.165) is 12.1 Å². The SMILES string of the molecule is Cc1cc(=O)cc(C)n1-c1cccc(C(F)(F)F)c1. The largest absolute Gasteiger partial charge is 0.416 e. The molecule has 1 aromatic heterocycles. The molecule has 0 atom stereocenters.